The summed E-state index contributed by atoms with van der Waals surface area (Å²) in [5, 5.41) is 12.0. The second kappa shape index (κ2) is 10.7. The highest BCUT2D eigenvalue weighted by Gasteiger charge is 2.33. The Hall–Kier alpha value is -4.52. The molecule has 0 radical (unpaired) electrons. The summed E-state index contributed by atoms with van der Waals surface area (Å²) in [5.74, 6) is 1.04. The van der Waals surface area contributed by atoms with E-state index in [0.29, 0.717) is 34.8 Å². The molecule has 2 atom stereocenters. The highest BCUT2D eigenvalue weighted by atomic mass is 16.7. The maximum absolute atomic E-state index is 13.8. The van der Waals surface area contributed by atoms with Crippen molar-refractivity contribution in [3.05, 3.63) is 112 Å². The zero-order valence-electron chi connectivity index (χ0n) is 21.7. The Morgan fingerprint density at radius 1 is 1.03 bits per heavy atom. The average Bonchev–Trinajstić information content (AvgIpc) is 3.69. The number of benzene rings is 3. The van der Waals surface area contributed by atoms with Gasteiger partial charge in [-0.1, -0.05) is 60.7 Å². The molecule has 2 unspecified atom stereocenters. The van der Waals surface area contributed by atoms with Crippen LogP contribution in [0.4, 0.5) is 5.69 Å². The zero-order chi connectivity index (χ0) is 26.8. The van der Waals surface area contributed by atoms with Crippen LogP contribution in [0.2, 0.25) is 0 Å². The summed E-state index contributed by atoms with van der Waals surface area (Å²) in [5.41, 5.74) is 3.47. The van der Waals surface area contributed by atoms with E-state index in [1.807, 2.05) is 73.7 Å². The fourth-order valence-electron chi connectivity index (χ4n) is 4.82. The summed E-state index contributed by atoms with van der Waals surface area (Å²) < 4.78 is 24.2. The van der Waals surface area contributed by atoms with Gasteiger partial charge in [0.1, 0.15) is 18.5 Å². The Morgan fingerprint density at radius 2 is 1.74 bits per heavy atom. The molecule has 1 aliphatic heterocycles. The molecule has 2 N–H and O–H groups in total. The van der Waals surface area contributed by atoms with Crippen LogP contribution in [0.25, 0.3) is 16.7 Å². The first-order valence-corrected chi connectivity index (χ1v) is 13.2. The number of nitrogens with one attached hydrogen (secondary N) is 2. The van der Waals surface area contributed by atoms with Crippen LogP contribution in [-0.4, -0.2) is 18.0 Å². The van der Waals surface area contributed by atoms with Crippen LogP contribution in [-0.2, 0) is 22.5 Å². The molecular weight excluding hydrogens is 492 g/mol. The molecule has 0 bridgehead atoms. The van der Waals surface area contributed by atoms with Crippen LogP contribution in [0.5, 0.6) is 5.75 Å². The molecule has 2 aliphatic rings. The van der Waals surface area contributed by atoms with E-state index in [1.54, 1.807) is 12.1 Å². The van der Waals surface area contributed by atoms with Crippen molar-refractivity contribution in [2.45, 2.75) is 45.1 Å². The van der Waals surface area contributed by atoms with Crippen molar-refractivity contribution < 1.29 is 18.6 Å². The number of ether oxygens (including phenoxy) is 3. The van der Waals surface area contributed by atoms with E-state index in [9.17, 15) is 4.79 Å². The Bertz CT molecular complexity index is 1580. The molecule has 39 heavy (non-hydrogen) atoms. The van der Waals surface area contributed by atoms with Gasteiger partial charge in [-0.25, -0.2) is 0 Å². The SMILES string of the molecule is CC(=N)C(Nc1ccc2oc(C3=COC(Cc4ccccc4)O3)c(OCc3ccccc3)c(=O)c2c1)C1CC1. The largest absolute Gasteiger partial charge is 0.481 e. The molecule has 1 saturated carbocycles. The summed E-state index contributed by atoms with van der Waals surface area (Å²) in [7, 11) is 0. The molecule has 3 aromatic carbocycles. The summed E-state index contributed by atoms with van der Waals surface area (Å²) in [4.78, 5) is 13.8. The van der Waals surface area contributed by atoms with Gasteiger partial charge in [0.05, 0.1) is 11.4 Å². The maximum Gasteiger partial charge on any atom is 0.244 e. The van der Waals surface area contributed by atoms with Gasteiger partial charge in [-0.15, -0.1) is 0 Å². The number of fused-ring (bicyclic) bond motifs is 1. The Balaban J connectivity index is 1.33. The quantitative estimate of drug-likeness (QED) is 0.231. The van der Waals surface area contributed by atoms with Gasteiger partial charge in [-0.2, -0.15) is 0 Å². The van der Waals surface area contributed by atoms with Crippen molar-refractivity contribution >= 4 is 28.1 Å². The Labute approximate surface area is 226 Å². The molecule has 198 valence electrons. The van der Waals surface area contributed by atoms with Gasteiger partial charge >= 0.3 is 0 Å². The van der Waals surface area contributed by atoms with Crippen LogP contribution in [0, 0.1) is 11.3 Å². The minimum Gasteiger partial charge on any atom is -0.481 e. The number of hydrogen-bond donors (Lipinski definition) is 2. The van der Waals surface area contributed by atoms with Crippen LogP contribution in [0.15, 0.2) is 94.3 Å². The third-order valence-corrected chi connectivity index (χ3v) is 7.01. The third-order valence-electron chi connectivity index (χ3n) is 7.01. The second-order valence-electron chi connectivity index (χ2n) is 10.1. The lowest BCUT2D eigenvalue weighted by atomic mass is 10.1. The van der Waals surface area contributed by atoms with Gasteiger partial charge in [-0.05, 0) is 55.0 Å². The first-order chi connectivity index (χ1) is 19.0. The highest BCUT2D eigenvalue weighted by Crippen LogP contribution is 2.36. The predicted molar refractivity (Wildman–Crippen MR) is 151 cm³/mol. The van der Waals surface area contributed by atoms with Gasteiger partial charge in [0.2, 0.25) is 29.0 Å². The lowest BCUT2D eigenvalue weighted by Crippen LogP contribution is -2.29. The molecule has 2 heterocycles. The van der Waals surface area contributed by atoms with Crippen molar-refractivity contribution in [3.63, 3.8) is 0 Å². The molecule has 0 amide bonds. The first kappa shape index (κ1) is 24.8. The van der Waals surface area contributed by atoms with Gasteiger partial charge in [0, 0.05) is 17.8 Å². The van der Waals surface area contributed by atoms with Crippen molar-refractivity contribution in [3.8, 4) is 5.75 Å². The fraction of sp³-hybridized carbons (Fsp3) is 0.250. The average molecular weight is 523 g/mol. The van der Waals surface area contributed by atoms with Crippen molar-refractivity contribution in [2.75, 3.05) is 5.32 Å². The van der Waals surface area contributed by atoms with E-state index in [1.165, 1.54) is 6.26 Å². The lowest BCUT2D eigenvalue weighted by Gasteiger charge is -2.19. The van der Waals surface area contributed by atoms with Crippen LogP contribution >= 0.6 is 0 Å². The van der Waals surface area contributed by atoms with Crippen molar-refractivity contribution in [2.24, 2.45) is 5.92 Å². The molecule has 7 nitrogen and oxygen atoms in total. The van der Waals surface area contributed by atoms with Crippen LogP contribution in [0.1, 0.15) is 36.7 Å². The Kier molecular flexibility index (Phi) is 6.80. The first-order valence-electron chi connectivity index (χ1n) is 13.2. The molecule has 0 saturated heterocycles. The van der Waals surface area contributed by atoms with E-state index in [4.69, 9.17) is 24.0 Å². The van der Waals surface area contributed by atoms with Gasteiger partial charge < -0.3 is 29.4 Å². The Morgan fingerprint density at radius 3 is 2.44 bits per heavy atom. The number of rotatable bonds is 10. The summed E-state index contributed by atoms with van der Waals surface area (Å²) in [6.45, 7) is 2.01. The normalized spacial score (nSPS) is 17.2. The van der Waals surface area contributed by atoms with E-state index in [2.05, 4.69) is 5.32 Å². The zero-order valence-corrected chi connectivity index (χ0v) is 21.7. The fourth-order valence-corrected chi connectivity index (χ4v) is 4.82. The van der Waals surface area contributed by atoms with E-state index < -0.39 is 6.29 Å². The predicted octanol–water partition coefficient (Wildman–Crippen LogP) is 6.52. The number of hydrogen-bond acceptors (Lipinski definition) is 7. The summed E-state index contributed by atoms with van der Waals surface area (Å²) in [6, 6.07) is 24.9. The standard InChI is InChI=1S/C32H30N2O5/c1-20(33)29(23-12-13-23)34-24-14-15-26-25(17-24)30(35)32(37-18-22-10-6-3-7-11-22)31(39-26)27-19-36-28(38-27)16-21-8-4-2-5-9-21/h2-11,14-15,17,19,23,28-29,33-34H,12-13,16,18H2,1H3. The molecule has 1 aromatic heterocycles. The smallest absolute Gasteiger partial charge is 0.244 e. The monoisotopic (exact) mass is 522 g/mol. The minimum absolute atomic E-state index is 0.0432. The van der Waals surface area contributed by atoms with Crippen molar-refractivity contribution in [1.29, 1.82) is 5.41 Å². The molecule has 0 spiro atoms. The second-order valence-corrected chi connectivity index (χ2v) is 10.1. The molecule has 1 fully saturated rings. The topological polar surface area (TPSA) is 93.8 Å². The van der Waals surface area contributed by atoms with Crippen molar-refractivity contribution in [1.82, 2.24) is 0 Å². The van der Waals surface area contributed by atoms with Crippen LogP contribution < -0.4 is 15.5 Å². The number of anilines is 1. The summed E-state index contributed by atoms with van der Waals surface area (Å²) in [6.07, 6.45) is 3.69. The molecule has 4 aromatic rings. The molecule has 6 rings (SSSR count). The molecule has 7 heteroatoms. The molecular formula is C32H30N2O5. The van der Waals surface area contributed by atoms with E-state index >= 15 is 0 Å². The summed E-state index contributed by atoms with van der Waals surface area (Å²) >= 11 is 0. The van der Waals surface area contributed by atoms with Gasteiger partial charge in [0.15, 0.2) is 0 Å². The maximum atomic E-state index is 13.8. The highest BCUT2D eigenvalue weighted by molar-refractivity contribution is 5.89. The van der Waals surface area contributed by atoms with Gasteiger partial charge in [-0.3, -0.25) is 4.79 Å². The van der Waals surface area contributed by atoms with Gasteiger partial charge in [0.25, 0.3) is 0 Å². The van der Waals surface area contributed by atoms with E-state index in [-0.39, 0.29) is 29.6 Å². The van der Waals surface area contributed by atoms with E-state index in [0.717, 1.165) is 29.7 Å². The minimum atomic E-state index is -0.541. The lowest BCUT2D eigenvalue weighted by molar-refractivity contribution is -0.0146. The third kappa shape index (κ3) is 5.53. The molecule has 1 aliphatic carbocycles. The van der Waals surface area contributed by atoms with Crippen LogP contribution in [0.3, 0.4) is 0 Å².